The molecule has 0 N–H and O–H groups in total. The molecule has 0 atom stereocenters. The Kier molecular flexibility index (Phi) is 6.60. The number of carbonyl (C=O) groups excluding carboxylic acids is 1. The van der Waals surface area contributed by atoms with Gasteiger partial charge in [-0.3, -0.25) is 4.79 Å². The minimum Gasteiger partial charge on any atom is -0.497 e. The number of benzene rings is 2. The molecule has 0 radical (unpaired) electrons. The number of piperazine rings is 1. The van der Waals surface area contributed by atoms with E-state index >= 15 is 0 Å². The predicted molar refractivity (Wildman–Crippen MR) is 124 cm³/mol. The lowest BCUT2D eigenvalue weighted by atomic mass is 10.1. The maximum absolute atomic E-state index is 12.8. The number of aromatic nitrogens is 1. The summed E-state index contributed by atoms with van der Waals surface area (Å²) in [5, 5.41) is 9.53. The van der Waals surface area contributed by atoms with Crippen molar-refractivity contribution in [1.82, 2.24) is 9.88 Å². The standard InChI is InChI=1S/C25H24N4O4/c1-31-20-9-7-19(8-10-20)24(30)28-12-14-29(15-13-28)25-22(17-26)27-23(33-25)11-6-18-4-3-5-21(16-18)32-2/h3-11,16H,12-15H2,1-2H3/b11-6+. The number of hydrogen-bond acceptors (Lipinski definition) is 7. The number of oxazole rings is 1. The number of hydrogen-bond donors (Lipinski definition) is 0. The molecule has 3 aromatic rings. The molecule has 1 aliphatic rings. The summed E-state index contributed by atoms with van der Waals surface area (Å²) in [7, 11) is 3.21. The lowest BCUT2D eigenvalue weighted by molar-refractivity contribution is 0.0745. The van der Waals surface area contributed by atoms with E-state index in [1.54, 1.807) is 49.5 Å². The largest absolute Gasteiger partial charge is 0.497 e. The van der Waals surface area contributed by atoms with Gasteiger partial charge >= 0.3 is 0 Å². The van der Waals surface area contributed by atoms with Crippen molar-refractivity contribution in [3.8, 4) is 17.6 Å². The second-order valence-corrected chi connectivity index (χ2v) is 7.44. The van der Waals surface area contributed by atoms with Crippen molar-refractivity contribution in [2.24, 2.45) is 0 Å². The summed E-state index contributed by atoms with van der Waals surface area (Å²) in [6.45, 7) is 2.13. The third-order valence-corrected chi connectivity index (χ3v) is 5.43. The van der Waals surface area contributed by atoms with Crippen molar-refractivity contribution in [2.45, 2.75) is 0 Å². The van der Waals surface area contributed by atoms with Crippen molar-refractivity contribution in [1.29, 1.82) is 5.26 Å². The van der Waals surface area contributed by atoms with Gasteiger partial charge in [0.05, 0.1) is 14.2 Å². The Morgan fingerprint density at radius 2 is 1.76 bits per heavy atom. The van der Waals surface area contributed by atoms with Gasteiger partial charge in [0.25, 0.3) is 5.91 Å². The van der Waals surface area contributed by atoms with Crippen LogP contribution >= 0.6 is 0 Å². The van der Waals surface area contributed by atoms with Gasteiger partial charge in [0.1, 0.15) is 17.6 Å². The molecule has 4 rings (SSSR count). The number of ether oxygens (including phenoxy) is 2. The van der Waals surface area contributed by atoms with Crippen molar-refractivity contribution in [3.63, 3.8) is 0 Å². The van der Waals surface area contributed by atoms with E-state index in [9.17, 15) is 10.1 Å². The number of amides is 1. The zero-order chi connectivity index (χ0) is 23.2. The molecule has 1 saturated heterocycles. The third kappa shape index (κ3) is 4.99. The summed E-state index contributed by atoms with van der Waals surface area (Å²) in [6, 6.07) is 16.8. The van der Waals surface area contributed by atoms with E-state index in [0.29, 0.717) is 49.3 Å². The minimum absolute atomic E-state index is 0.0303. The Labute approximate surface area is 192 Å². The molecule has 0 unspecified atom stereocenters. The Bertz CT molecular complexity index is 1190. The van der Waals surface area contributed by atoms with Crippen molar-refractivity contribution < 1.29 is 18.7 Å². The summed E-state index contributed by atoms with van der Waals surface area (Å²) in [5.74, 6) is 2.21. The van der Waals surface area contributed by atoms with Crippen LogP contribution in [0.5, 0.6) is 11.5 Å². The number of rotatable bonds is 6. The molecule has 168 valence electrons. The highest BCUT2D eigenvalue weighted by molar-refractivity contribution is 5.94. The monoisotopic (exact) mass is 444 g/mol. The van der Waals surface area contributed by atoms with Crippen LogP contribution in [-0.2, 0) is 0 Å². The molecule has 1 fully saturated rings. The molecule has 2 heterocycles. The maximum Gasteiger partial charge on any atom is 0.253 e. The number of methoxy groups -OCH3 is 2. The molecule has 1 aliphatic heterocycles. The number of carbonyl (C=O) groups is 1. The van der Waals surface area contributed by atoms with Crippen LogP contribution in [0.4, 0.5) is 5.88 Å². The Balaban J connectivity index is 1.42. The number of nitriles is 1. The fourth-order valence-electron chi connectivity index (χ4n) is 3.63. The summed E-state index contributed by atoms with van der Waals surface area (Å²) in [5.41, 5.74) is 1.78. The van der Waals surface area contributed by atoms with Gasteiger partial charge in [-0.05, 0) is 48.0 Å². The zero-order valence-electron chi connectivity index (χ0n) is 18.5. The predicted octanol–water partition coefficient (Wildman–Crippen LogP) is 3.70. The van der Waals surface area contributed by atoms with E-state index in [1.807, 2.05) is 35.2 Å². The Morgan fingerprint density at radius 3 is 2.42 bits per heavy atom. The van der Waals surface area contributed by atoms with Gasteiger partial charge in [-0.25, -0.2) is 0 Å². The smallest absolute Gasteiger partial charge is 0.253 e. The normalized spacial score (nSPS) is 13.7. The van der Waals surface area contributed by atoms with E-state index in [-0.39, 0.29) is 11.6 Å². The highest BCUT2D eigenvalue weighted by Crippen LogP contribution is 2.25. The van der Waals surface area contributed by atoms with Gasteiger partial charge in [0, 0.05) is 37.8 Å². The van der Waals surface area contributed by atoms with E-state index in [0.717, 1.165) is 11.3 Å². The topological polar surface area (TPSA) is 91.8 Å². The van der Waals surface area contributed by atoms with E-state index < -0.39 is 0 Å². The van der Waals surface area contributed by atoms with Crippen molar-refractivity contribution in [3.05, 3.63) is 71.2 Å². The van der Waals surface area contributed by atoms with Crippen LogP contribution < -0.4 is 14.4 Å². The van der Waals surface area contributed by atoms with Crippen molar-refractivity contribution >= 4 is 23.9 Å². The molecule has 0 saturated carbocycles. The van der Waals surface area contributed by atoms with E-state index in [4.69, 9.17) is 13.9 Å². The molecule has 0 spiro atoms. The highest BCUT2D eigenvalue weighted by Gasteiger charge is 2.26. The molecule has 1 amide bonds. The van der Waals surface area contributed by atoms with Crippen LogP contribution in [0.25, 0.3) is 12.2 Å². The lowest BCUT2D eigenvalue weighted by Gasteiger charge is -2.34. The first-order chi connectivity index (χ1) is 16.1. The summed E-state index contributed by atoms with van der Waals surface area (Å²) < 4.78 is 16.3. The van der Waals surface area contributed by atoms with Gasteiger partial charge < -0.3 is 23.7 Å². The minimum atomic E-state index is -0.0303. The molecule has 1 aromatic heterocycles. The molecule has 0 bridgehead atoms. The van der Waals surface area contributed by atoms with Crippen LogP contribution in [0.1, 0.15) is 27.5 Å². The van der Waals surface area contributed by atoms with Gasteiger partial charge in [-0.1, -0.05) is 12.1 Å². The van der Waals surface area contributed by atoms with Crippen LogP contribution in [0, 0.1) is 11.3 Å². The first kappa shape index (κ1) is 22.0. The number of nitrogens with zero attached hydrogens (tertiary/aromatic N) is 4. The van der Waals surface area contributed by atoms with E-state index in [1.165, 1.54) is 0 Å². The fourth-order valence-corrected chi connectivity index (χ4v) is 3.63. The molecule has 8 nitrogen and oxygen atoms in total. The summed E-state index contributed by atoms with van der Waals surface area (Å²) in [6.07, 6.45) is 3.58. The maximum atomic E-state index is 12.8. The van der Waals surface area contributed by atoms with Crippen LogP contribution in [0.3, 0.4) is 0 Å². The zero-order valence-corrected chi connectivity index (χ0v) is 18.5. The molecule has 2 aromatic carbocycles. The highest BCUT2D eigenvalue weighted by atomic mass is 16.5. The Hall–Kier alpha value is -4.25. The average Bonchev–Trinajstić information content (AvgIpc) is 3.30. The first-order valence-electron chi connectivity index (χ1n) is 10.5. The molecule has 33 heavy (non-hydrogen) atoms. The molecule has 8 heteroatoms. The Morgan fingerprint density at radius 1 is 1.03 bits per heavy atom. The molecular formula is C25H24N4O4. The van der Waals surface area contributed by atoms with Gasteiger partial charge in [0.2, 0.25) is 17.5 Å². The van der Waals surface area contributed by atoms with Gasteiger partial charge in [0.15, 0.2) is 0 Å². The summed E-state index contributed by atoms with van der Waals surface area (Å²) in [4.78, 5) is 20.8. The van der Waals surface area contributed by atoms with Gasteiger partial charge in [-0.2, -0.15) is 10.2 Å². The quantitative estimate of drug-likeness (QED) is 0.572. The van der Waals surface area contributed by atoms with Crippen LogP contribution in [-0.4, -0.2) is 56.2 Å². The fraction of sp³-hybridized carbons (Fsp3) is 0.240. The molecule has 0 aliphatic carbocycles. The summed E-state index contributed by atoms with van der Waals surface area (Å²) >= 11 is 0. The number of anilines is 1. The SMILES string of the molecule is COc1ccc(C(=O)N2CCN(c3oc(/C=C/c4cccc(OC)c4)nc3C#N)CC2)cc1. The lowest BCUT2D eigenvalue weighted by Crippen LogP contribution is -2.48. The average molecular weight is 444 g/mol. The van der Waals surface area contributed by atoms with Crippen molar-refractivity contribution in [2.75, 3.05) is 45.3 Å². The third-order valence-electron chi connectivity index (χ3n) is 5.43. The second-order valence-electron chi connectivity index (χ2n) is 7.44. The molecular weight excluding hydrogens is 420 g/mol. The van der Waals surface area contributed by atoms with Crippen LogP contribution in [0.2, 0.25) is 0 Å². The van der Waals surface area contributed by atoms with E-state index in [2.05, 4.69) is 11.1 Å². The van der Waals surface area contributed by atoms with Crippen LogP contribution in [0.15, 0.2) is 52.9 Å². The first-order valence-corrected chi connectivity index (χ1v) is 10.5. The second kappa shape index (κ2) is 9.92. The van der Waals surface area contributed by atoms with Gasteiger partial charge in [-0.15, -0.1) is 0 Å².